The van der Waals surface area contributed by atoms with Crippen LogP contribution in [0, 0.1) is 0 Å². The van der Waals surface area contributed by atoms with Crippen molar-refractivity contribution in [2.45, 2.75) is 39.3 Å². The highest BCUT2D eigenvalue weighted by molar-refractivity contribution is 6.77. The Morgan fingerprint density at radius 3 is 0.833 bits per heavy atom. The summed E-state index contributed by atoms with van der Waals surface area (Å²) in [7, 11) is 2.17. The molecule has 0 aliphatic carbocycles. The van der Waals surface area contributed by atoms with Crippen LogP contribution in [0.3, 0.4) is 0 Å². The maximum absolute atomic E-state index is 2.47. The van der Waals surface area contributed by atoms with Gasteiger partial charge in [-0.3, -0.25) is 9.35 Å². The van der Waals surface area contributed by atoms with Crippen LogP contribution in [0.4, 0.5) is 0 Å². The van der Waals surface area contributed by atoms with Crippen LogP contribution in [0.2, 0.25) is 39.3 Å². The highest BCUT2D eigenvalue weighted by atomic mass is 28.3. The van der Waals surface area contributed by atoms with E-state index in [1.807, 2.05) is 0 Å². The predicted molar refractivity (Wildman–Crippen MR) is 62.2 cm³/mol. The first-order valence-corrected chi connectivity index (χ1v) is 11.4. The van der Waals surface area contributed by atoms with Crippen molar-refractivity contribution in [3.63, 3.8) is 0 Å². The lowest BCUT2D eigenvalue weighted by atomic mass is 11.4. The Kier molecular flexibility index (Phi) is 3.72. The largest absolute Gasteiger partial charge is 0.273 e. The first kappa shape index (κ1) is 12.4. The summed E-state index contributed by atoms with van der Waals surface area (Å²) in [5.74, 6) is 0. The van der Waals surface area contributed by atoms with Crippen LogP contribution in [0.25, 0.3) is 0 Å². The molecule has 12 heavy (non-hydrogen) atoms. The molecule has 0 aliphatic heterocycles. The monoisotopic (exact) mass is 204 g/mol. The van der Waals surface area contributed by atoms with Gasteiger partial charge >= 0.3 is 0 Å². The molecule has 0 atom stereocenters. The van der Waals surface area contributed by atoms with Gasteiger partial charge in [-0.1, -0.05) is 39.3 Å². The van der Waals surface area contributed by atoms with Crippen molar-refractivity contribution in [2.75, 3.05) is 14.1 Å². The van der Waals surface area contributed by atoms with Gasteiger partial charge in [-0.15, -0.1) is 0 Å². The lowest BCUT2D eigenvalue weighted by Gasteiger charge is -2.44. The van der Waals surface area contributed by atoms with E-state index in [0.29, 0.717) is 0 Å². The topological polar surface area (TPSA) is 6.48 Å². The predicted octanol–water partition coefficient (Wildman–Crippen LogP) is 2.43. The fourth-order valence-corrected chi connectivity index (χ4v) is 4.50. The average Bonchev–Trinajstić information content (AvgIpc) is 1.80. The number of rotatable bonds is 3. The minimum absolute atomic E-state index is 1.14. The van der Waals surface area contributed by atoms with Crippen molar-refractivity contribution in [3.05, 3.63) is 0 Å². The smallest absolute Gasteiger partial charge is 0.135 e. The van der Waals surface area contributed by atoms with Crippen molar-refractivity contribution < 1.29 is 0 Å². The van der Waals surface area contributed by atoms with Gasteiger partial charge in [0.1, 0.15) is 16.5 Å². The van der Waals surface area contributed by atoms with E-state index in [1.54, 1.807) is 0 Å². The van der Waals surface area contributed by atoms with Gasteiger partial charge in [0.05, 0.1) is 0 Å². The van der Waals surface area contributed by atoms with E-state index in [2.05, 4.69) is 62.7 Å². The van der Waals surface area contributed by atoms with Gasteiger partial charge in [0, 0.05) is 0 Å². The molecule has 0 fully saturated rings. The van der Waals surface area contributed by atoms with Gasteiger partial charge in [0.2, 0.25) is 0 Å². The lowest BCUT2D eigenvalue weighted by molar-refractivity contribution is 0.215. The van der Waals surface area contributed by atoms with E-state index < -0.39 is 16.5 Å². The maximum Gasteiger partial charge on any atom is 0.135 e. The first-order chi connectivity index (χ1) is 5.07. The maximum atomic E-state index is 2.47. The number of hydrazine groups is 1. The summed E-state index contributed by atoms with van der Waals surface area (Å²) >= 11 is 0. The van der Waals surface area contributed by atoms with Crippen LogP contribution >= 0.6 is 0 Å². The highest BCUT2D eigenvalue weighted by Crippen LogP contribution is 2.15. The van der Waals surface area contributed by atoms with Crippen LogP contribution in [0.1, 0.15) is 0 Å². The highest BCUT2D eigenvalue weighted by Gasteiger charge is 2.30. The fraction of sp³-hybridized carbons (Fsp3) is 1.00. The molecular formula is C8H24N2Si2. The molecule has 0 aromatic rings. The molecule has 0 radical (unpaired) electrons. The van der Waals surface area contributed by atoms with Crippen molar-refractivity contribution >= 4 is 16.5 Å². The van der Waals surface area contributed by atoms with Crippen LogP contribution in [0.5, 0.6) is 0 Å². The van der Waals surface area contributed by atoms with Crippen molar-refractivity contribution in [1.82, 2.24) is 9.35 Å². The Bertz CT molecular complexity index is 128. The normalized spacial score (nSPS) is 14.5. The fourth-order valence-electron chi connectivity index (χ4n) is 0.900. The zero-order chi connectivity index (χ0) is 10.2. The second-order valence-corrected chi connectivity index (χ2v) is 15.4. The molecule has 4 heteroatoms. The van der Waals surface area contributed by atoms with Gasteiger partial charge in [0.25, 0.3) is 0 Å². The standard InChI is InChI=1S/C8H24N2Si2/c1-9(11(3,4)5)10(2)12(6,7)8/h1-8H3. The van der Waals surface area contributed by atoms with E-state index in [1.165, 1.54) is 0 Å². The van der Waals surface area contributed by atoms with Gasteiger partial charge in [-0.25, -0.2) is 0 Å². The number of nitrogens with zero attached hydrogens (tertiary/aromatic N) is 2. The molecule has 0 N–H and O–H groups in total. The first-order valence-electron chi connectivity index (χ1n) is 4.54. The van der Waals surface area contributed by atoms with E-state index in [4.69, 9.17) is 0 Å². The van der Waals surface area contributed by atoms with Gasteiger partial charge in [-0.05, 0) is 14.1 Å². The summed E-state index contributed by atoms with van der Waals surface area (Å²) in [6, 6.07) is 0. The van der Waals surface area contributed by atoms with E-state index in [0.717, 1.165) is 0 Å². The Labute approximate surface area is 79.7 Å². The Morgan fingerprint density at radius 1 is 0.583 bits per heavy atom. The van der Waals surface area contributed by atoms with Crippen molar-refractivity contribution in [3.8, 4) is 0 Å². The molecule has 2 nitrogen and oxygen atoms in total. The minimum Gasteiger partial charge on any atom is -0.273 e. The Balaban J connectivity index is 4.41. The molecule has 0 unspecified atom stereocenters. The molecule has 0 amide bonds. The molecule has 0 rings (SSSR count). The molecule has 0 spiro atoms. The van der Waals surface area contributed by atoms with Crippen molar-refractivity contribution in [1.29, 1.82) is 0 Å². The van der Waals surface area contributed by atoms with Crippen LogP contribution < -0.4 is 0 Å². The Hall–Kier alpha value is 0.354. The molecule has 0 saturated carbocycles. The third kappa shape index (κ3) is 3.39. The quantitative estimate of drug-likeness (QED) is 0.515. The number of hydrogen-bond acceptors (Lipinski definition) is 2. The van der Waals surface area contributed by atoms with Crippen molar-refractivity contribution in [2.24, 2.45) is 0 Å². The third-order valence-electron chi connectivity index (χ3n) is 2.39. The molecular weight excluding hydrogens is 180 g/mol. The molecule has 0 heterocycles. The number of hydrogen-bond donors (Lipinski definition) is 0. The minimum atomic E-state index is -1.14. The van der Waals surface area contributed by atoms with E-state index in [9.17, 15) is 0 Å². The molecule has 0 bridgehead atoms. The molecule has 0 aromatic heterocycles. The third-order valence-corrected chi connectivity index (χ3v) is 7.07. The average molecular weight is 204 g/mol. The van der Waals surface area contributed by atoms with Gasteiger partial charge < -0.3 is 0 Å². The molecule has 74 valence electrons. The van der Waals surface area contributed by atoms with Gasteiger partial charge in [0.15, 0.2) is 0 Å². The van der Waals surface area contributed by atoms with Crippen LogP contribution in [-0.2, 0) is 0 Å². The zero-order valence-electron chi connectivity index (χ0n) is 9.89. The van der Waals surface area contributed by atoms with E-state index in [-0.39, 0.29) is 0 Å². The summed E-state index contributed by atoms with van der Waals surface area (Å²) in [4.78, 5) is 0. The van der Waals surface area contributed by atoms with E-state index >= 15 is 0 Å². The summed E-state index contributed by atoms with van der Waals surface area (Å²) in [5, 5.41) is 0. The summed E-state index contributed by atoms with van der Waals surface area (Å²) < 4.78 is 4.94. The second kappa shape index (κ2) is 3.61. The summed E-state index contributed by atoms with van der Waals surface area (Å²) in [6.45, 7) is 14.3. The summed E-state index contributed by atoms with van der Waals surface area (Å²) in [6.07, 6.45) is 0. The molecule has 0 saturated heterocycles. The Morgan fingerprint density at radius 2 is 0.750 bits per heavy atom. The summed E-state index contributed by atoms with van der Waals surface area (Å²) in [5.41, 5.74) is 0. The van der Waals surface area contributed by atoms with Gasteiger partial charge in [-0.2, -0.15) is 0 Å². The van der Waals surface area contributed by atoms with Crippen LogP contribution in [0.15, 0.2) is 0 Å². The SMILES string of the molecule is CN(N(C)[Si](C)(C)C)[Si](C)(C)C. The van der Waals surface area contributed by atoms with Crippen LogP contribution in [-0.4, -0.2) is 39.9 Å². The second-order valence-electron chi connectivity index (χ2n) is 5.39. The molecule has 0 aliphatic rings. The zero-order valence-corrected chi connectivity index (χ0v) is 11.9. The molecule has 0 aromatic carbocycles. The lowest BCUT2D eigenvalue weighted by Crippen LogP contribution is -2.60.